The number of hydrogen-bond donors (Lipinski definition) is 2. The molecule has 3 aromatic rings. The van der Waals surface area contributed by atoms with E-state index in [0.29, 0.717) is 30.2 Å². The summed E-state index contributed by atoms with van der Waals surface area (Å²) in [5.74, 6) is 0.167. The summed E-state index contributed by atoms with van der Waals surface area (Å²) < 4.78 is 59.9. The van der Waals surface area contributed by atoms with Gasteiger partial charge >= 0.3 is 0 Å². The van der Waals surface area contributed by atoms with Gasteiger partial charge < -0.3 is 10.1 Å². The van der Waals surface area contributed by atoms with Crippen LogP contribution in [0.1, 0.15) is 29.6 Å². The number of ether oxygens (including phenoxy) is 1. The van der Waals surface area contributed by atoms with Crippen LogP contribution in [0.3, 0.4) is 0 Å². The number of methoxy groups -OCH3 is 1. The fourth-order valence-electron chi connectivity index (χ4n) is 3.83. The Morgan fingerprint density at radius 1 is 0.750 bits per heavy atom. The van der Waals surface area contributed by atoms with E-state index in [0.717, 1.165) is 19.3 Å². The van der Waals surface area contributed by atoms with Crippen molar-refractivity contribution in [2.45, 2.75) is 29.1 Å². The maximum absolute atomic E-state index is 12.8. The van der Waals surface area contributed by atoms with E-state index in [-0.39, 0.29) is 15.4 Å². The number of carbonyl (C=O) groups is 1. The number of rotatable bonds is 8. The lowest BCUT2D eigenvalue weighted by atomic mass is 10.2. The van der Waals surface area contributed by atoms with Crippen LogP contribution in [-0.4, -0.2) is 47.2 Å². The van der Waals surface area contributed by atoms with Gasteiger partial charge in [-0.2, -0.15) is 4.31 Å². The summed E-state index contributed by atoms with van der Waals surface area (Å²) in [4.78, 5) is 12.8. The lowest BCUT2D eigenvalue weighted by molar-refractivity contribution is 0.102. The third kappa shape index (κ3) is 5.86. The van der Waals surface area contributed by atoms with Crippen molar-refractivity contribution in [2.75, 3.05) is 30.2 Å². The fourth-order valence-corrected chi connectivity index (χ4v) is 6.40. The van der Waals surface area contributed by atoms with Gasteiger partial charge in [0.15, 0.2) is 0 Å². The molecule has 1 aliphatic rings. The third-order valence-corrected chi connectivity index (χ3v) is 9.14. The number of hydrogen-bond acceptors (Lipinski definition) is 6. The summed E-state index contributed by atoms with van der Waals surface area (Å²) in [7, 11) is -5.88. The molecule has 4 rings (SSSR count). The molecule has 1 fully saturated rings. The highest BCUT2D eigenvalue weighted by atomic mass is 32.2. The number of piperidine rings is 1. The Labute approximate surface area is 211 Å². The van der Waals surface area contributed by atoms with E-state index in [1.807, 2.05) is 0 Å². The van der Waals surface area contributed by atoms with E-state index in [4.69, 9.17) is 4.74 Å². The van der Waals surface area contributed by atoms with Crippen molar-refractivity contribution in [1.29, 1.82) is 0 Å². The highest BCUT2D eigenvalue weighted by molar-refractivity contribution is 7.92. The summed E-state index contributed by atoms with van der Waals surface area (Å²) in [5.41, 5.74) is 1.07. The Hall–Kier alpha value is -3.41. The number of amides is 1. The van der Waals surface area contributed by atoms with Crippen LogP contribution in [0.25, 0.3) is 0 Å². The van der Waals surface area contributed by atoms with Crippen molar-refractivity contribution >= 4 is 37.3 Å². The first-order valence-electron chi connectivity index (χ1n) is 11.4. The Kier molecular flexibility index (Phi) is 7.62. The Balaban J connectivity index is 1.40. The average molecular weight is 530 g/mol. The Morgan fingerprint density at radius 2 is 1.31 bits per heavy atom. The van der Waals surface area contributed by atoms with Crippen molar-refractivity contribution in [3.05, 3.63) is 78.4 Å². The minimum atomic E-state index is -3.82. The second kappa shape index (κ2) is 10.7. The molecule has 1 aliphatic heterocycles. The van der Waals surface area contributed by atoms with Gasteiger partial charge in [-0.15, -0.1) is 0 Å². The zero-order valence-electron chi connectivity index (χ0n) is 19.7. The van der Waals surface area contributed by atoms with Gasteiger partial charge in [0.2, 0.25) is 10.0 Å². The Morgan fingerprint density at radius 3 is 1.89 bits per heavy atom. The summed E-state index contributed by atoms with van der Waals surface area (Å²) in [5, 5.41) is 2.69. The van der Waals surface area contributed by atoms with E-state index in [9.17, 15) is 21.6 Å². The lowest BCUT2D eigenvalue weighted by Gasteiger charge is -2.25. The highest BCUT2D eigenvalue weighted by Crippen LogP contribution is 2.23. The number of nitrogens with zero attached hydrogens (tertiary/aromatic N) is 1. The lowest BCUT2D eigenvalue weighted by Crippen LogP contribution is -2.35. The van der Waals surface area contributed by atoms with Crippen molar-refractivity contribution in [2.24, 2.45) is 0 Å². The predicted octanol–water partition coefficient (Wildman–Crippen LogP) is 3.92. The van der Waals surface area contributed by atoms with Crippen molar-refractivity contribution in [3.63, 3.8) is 0 Å². The molecule has 1 saturated heterocycles. The molecular formula is C25H27N3O6S2. The van der Waals surface area contributed by atoms with Gasteiger partial charge in [-0.05, 0) is 85.6 Å². The second-order valence-electron chi connectivity index (χ2n) is 8.30. The van der Waals surface area contributed by atoms with Crippen LogP contribution in [-0.2, 0) is 20.0 Å². The zero-order chi connectivity index (χ0) is 25.8. The second-order valence-corrected chi connectivity index (χ2v) is 11.9. The molecule has 0 aromatic heterocycles. The van der Waals surface area contributed by atoms with Gasteiger partial charge in [0.25, 0.3) is 15.9 Å². The third-order valence-electron chi connectivity index (χ3n) is 5.83. The van der Waals surface area contributed by atoms with Crippen LogP contribution in [0, 0.1) is 0 Å². The maximum atomic E-state index is 12.8. The van der Waals surface area contributed by atoms with E-state index < -0.39 is 26.0 Å². The minimum absolute atomic E-state index is 0.0311. The van der Waals surface area contributed by atoms with Crippen molar-refractivity contribution in [1.82, 2.24) is 4.31 Å². The van der Waals surface area contributed by atoms with Gasteiger partial charge in [0.1, 0.15) is 5.75 Å². The quantitative estimate of drug-likeness (QED) is 0.456. The summed E-state index contributed by atoms with van der Waals surface area (Å²) in [6, 6.07) is 18.0. The van der Waals surface area contributed by atoms with E-state index in [2.05, 4.69) is 10.0 Å². The molecule has 2 N–H and O–H groups in total. The van der Waals surface area contributed by atoms with Gasteiger partial charge in [0.05, 0.1) is 16.9 Å². The molecule has 1 amide bonds. The number of benzene rings is 3. The fraction of sp³-hybridized carbons (Fsp3) is 0.240. The van der Waals surface area contributed by atoms with Crippen LogP contribution in [0.15, 0.2) is 82.6 Å². The predicted molar refractivity (Wildman–Crippen MR) is 137 cm³/mol. The molecule has 0 atom stereocenters. The van der Waals surface area contributed by atoms with E-state index >= 15 is 0 Å². The Bertz CT molecular complexity index is 1410. The number of carbonyl (C=O) groups excluding carboxylic acids is 1. The zero-order valence-corrected chi connectivity index (χ0v) is 21.3. The smallest absolute Gasteiger partial charge is 0.261 e. The number of nitrogens with one attached hydrogen (secondary N) is 2. The first-order chi connectivity index (χ1) is 17.2. The summed E-state index contributed by atoms with van der Waals surface area (Å²) >= 11 is 0. The minimum Gasteiger partial charge on any atom is -0.497 e. The molecule has 0 radical (unpaired) electrons. The van der Waals surface area contributed by atoms with Gasteiger partial charge in [-0.25, -0.2) is 16.8 Å². The molecule has 0 bridgehead atoms. The standard InChI is InChI=1S/C25H27N3O6S2/c1-34-22-11-7-21(8-12-22)27-35(30,31)23-15-9-20(10-16-23)26-25(29)19-5-13-24(14-6-19)36(32,33)28-17-3-2-4-18-28/h5-16,27H,2-4,17-18H2,1H3,(H,26,29). The molecule has 1 heterocycles. The van der Waals surface area contributed by atoms with Crippen LogP contribution >= 0.6 is 0 Å². The monoisotopic (exact) mass is 529 g/mol. The van der Waals surface area contributed by atoms with Crippen LogP contribution in [0.4, 0.5) is 11.4 Å². The van der Waals surface area contributed by atoms with Crippen LogP contribution in [0.5, 0.6) is 5.75 Å². The molecule has 190 valence electrons. The van der Waals surface area contributed by atoms with Gasteiger partial charge in [-0.1, -0.05) is 6.42 Å². The van der Waals surface area contributed by atoms with E-state index in [1.165, 1.54) is 59.9 Å². The van der Waals surface area contributed by atoms with Crippen molar-refractivity contribution in [3.8, 4) is 5.75 Å². The molecule has 11 heteroatoms. The molecule has 0 saturated carbocycles. The molecule has 36 heavy (non-hydrogen) atoms. The molecule has 0 spiro atoms. The molecular weight excluding hydrogens is 502 g/mol. The summed E-state index contributed by atoms with van der Waals surface area (Å²) in [6.45, 7) is 1.01. The van der Waals surface area contributed by atoms with Gasteiger partial charge in [0, 0.05) is 30.0 Å². The number of sulfonamides is 2. The first kappa shape index (κ1) is 25.7. The van der Waals surface area contributed by atoms with Crippen molar-refractivity contribution < 1.29 is 26.4 Å². The first-order valence-corrected chi connectivity index (χ1v) is 14.3. The van der Waals surface area contributed by atoms with Crippen LogP contribution in [0.2, 0.25) is 0 Å². The molecule has 3 aromatic carbocycles. The largest absolute Gasteiger partial charge is 0.497 e. The summed E-state index contributed by atoms with van der Waals surface area (Å²) in [6.07, 6.45) is 2.71. The topological polar surface area (TPSA) is 122 Å². The SMILES string of the molecule is COc1ccc(NS(=O)(=O)c2ccc(NC(=O)c3ccc(S(=O)(=O)N4CCCCC4)cc3)cc2)cc1. The maximum Gasteiger partial charge on any atom is 0.261 e. The van der Waals surface area contributed by atoms with Crippen LogP contribution < -0.4 is 14.8 Å². The highest BCUT2D eigenvalue weighted by Gasteiger charge is 2.26. The molecule has 0 aliphatic carbocycles. The molecule has 0 unspecified atom stereocenters. The van der Waals surface area contributed by atoms with Gasteiger partial charge in [-0.3, -0.25) is 9.52 Å². The normalized spacial score (nSPS) is 14.7. The number of anilines is 2. The molecule has 9 nitrogen and oxygen atoms in total. The average Bonchev–Trinajstić information content (AvgIpc) is 2.90. The van der Waals surface area contributed by atoms with E-state index in [1.54, 1.807) is 24.3 Å².